The summed E-state index contributed by atoms with van der Waals surface area (Å²) in [5.41, 5.74) is 1.77. The average Bonchev–Trinajstić information content (AvgIpc) is 3.09. The van der Waals surface area contributed by atoms with Crippen LogP contribution in [0.1, 0.15) is 16.1 Å². The van der Waals surface area contributed by atoms with Crippen molar-refractivity contribution >= 4 is 17.4 Å². The molecule has 0 spiro atoms. The number of amides is 1. The minimum Gasteiger partial charge on any atom is -0.459 e. The van der Waals surface area contributed by atoms with Crippen molar-refractivity contribution in [3.8, 4) is 0 Å². The van der Waals surface area contributed by atoms with Gasteiger partial charge in [-0.1, -0.05) is 18.2 Å². The summed E-state index contributed by atoms with van der Waals surface area (Å²) in [6.45, 7) is 0.626. The van der Waals surface area contributed by atoms with Gasteiger partial charge in [-0.3, -0.25) is 4.79 Å². The van der Waals surface area contributed by atoms with E-state index >= 15 is 0 Å². The van der Waals surface area contributed by atoms with Gasteiger partial charge in [-0.2, -0.15) is 0 Å². The van der Waals surface area contributed by atoms with E-state index in [4.69, 9.17) is 4.42 Å². The quantitative estimate of drug-likeness (QED) is 0.755. The first kappa shape index (κ1) is 13.9. The van der Waals surface area contributed by atoms with Gasteiger partial charge in [0.2, 0.25) is 0 Å². The maximum atomic E-state index is 11.9. The van der Waals surface area contributed by atoms with Crippen LogP contribution in [-0.4, -0.2) is 10.9 Å². The number of hydrogen-bond donors (Lipinski definition) is 2. The van der Waals surface area contributed by atoms with Crippen LogP contribution in [0.4, 0.5) is 11.5 Å². The molecule has 1 amide bonds. The van der Waals surface area contributed by atoms with Crippen molar-refractivity contribution in [3.05, 3.63) is 78.4 Å². The number of carbonyl (C=O) groups excluding carboxylic acids is 1. The minimum absolute atomic E-state index is 0.264. The Labute approximate surface area is 128 Å². The molecule has 0 radical (unpaired) electrons. The van der Waals surface area contributed by atoms with Gasteiger partial charge in [0.25, 0.3) is 5.91 Å². The molecule has 22 heavy (non-hydrogen) atoms. The lowest BCUT2D eigenvalue weighted by molar-refractivity contribution is 0.0996. The Balaban J connectivity index is 1.64. The Morgan fingerprint density at radius 3 is 2.82 bits per heavy atom. The average molecular weight is 293 g/mol. The van der Waals surface area contributed by atoms with Crippen LogP contribution < -0.4 is 10.6 Å². The molecule has 0 unspecified atom stereocenters. The highest BCUT2D eigenvalue weighted by Crippen LogP contribution is 2.14. The summed E-state index contributed by atoms with van der Waals surface area (Å²) in [4.78, 5) is 16.1. The molecule has 2 aromatic heterocycles. The number of aromatic nitrogens is 1. The Morgan fingerprint density at radius 1 is 1.09 bits per heavy atom. The predicted molar refractivity (Wildman–Crippen MR) is 84.7 cm³/mol. The molecule has 0 aliphatic carbocycles. The van der Waals surface area contributed by atoms with Crippen molar-refractivity contribution in [1.29, 1.82) is 0 Å². The monoisotopic (exact) mass is 293 g/mol. The molecule has 0 atom stereocenters. The number of hydrogen-bond acceptors (Lipinski definition) is 4. The molecule has 0 fully saturated rings. The number of nitrogens with zero attached hydrogens (tertiary/aromatic N) is 1. The van der Waals surface area contributed by atoms with Crippen molar-refractivity contribution < 1.29 is 9.21 Å². The minimum atomic E-state index is -0.264. The van der Waals surface area contributed by atoms with Gasteiger partial charge in [0, 0.05) is 18.4 Å². The van der Waals surface area contributed by atoms with Crippen LogP contribution >= 0.6 is 0 Å². The van der Waals surface area contributed by atoms with Gasteiger partial charge in [0.05, 0.1) is 6.26 Å². The summed E-state index contributed by atoms with van der Waals surface area (Å²) < 4.78 is 5.07. The van der Waals surface area contributed by atoms with E-state index in [-0.39, 0.29) is 11.7 Å². The highest BCUT2D eigenvalue weighted by Gasteiger charge is 2.08. The van der Waals surface area contributed by atoms with Crippen LogP contribution in [0.5, 0.6) is 0 Å². The number of carbonyl (C=O) groups is 1. The van der Waals surface area contributed by atoms with Crippen molar-refractivity contribution in [2.45, 2.75) is 6.54 Å². The largest absolute Gasteiger partial charge is 0.459 e. The molecular weight excluding hydrogens is 278 g/mol. The lowest BCUT2D eigenvalue weighted by Gasteiger charge is -2.08. The third-order valence-electron chi connectivity index (χ3n) is 3.07. The Hall–Kier alpha value is -3.08. The molecule has 5 nitrogen and oxygen atoms in total. The summed E-state index contributed by atoms with van der Waals surface area (Å²) in [7, 11) is 0. The van der Waals surface area contributed by atoms with Gasteiger partial charge in [-0.05, 0) is 42.0 Å². The Bertz CT molecular complexity index is 740. The van der Waals surface area contributed by atoms with Gasteiger partial charge < -0.3 is 15.1 Å². The molecule has 3 rings (SSSR count). The fraction of sp³-hybridized carbons (Fsp3) is 0.0588. The van der Waals surface area contributed by atoms with E-state index < -0.39 is 0 Å². The topological polar surface area (TPSA) is 67.2 Å². The summed E-state index contributed by atoms with van der Waals surface area (Å²) in [6, 6.07) is 16.6. The number of anilines is 2. The van der Waals surface area contributed by atoms with Gasteiger partial charge in [-0.25, -0.2) is 4.98 Å². The van der Waals surface area contributed by atoms with E-state index in [1.807, 2.05) is 42.5 Å². The summed E-state index contributed by atoms with van der Waals surface area (Å²) in [5.74, 6) is 0.837. The highest BCUT2D eigenvalue weighted by atomic mass is 16.3. The predicted octanol–water partition coefficient (Wildman–Crippen LogP) is 3.54. The fourth-order valence-corrected chi connectivity index (χ4v) is 2.02. The molecule has 5 heteroatoms. The molecule has 0 aliphatic rings. The van der Waals surface area contributed by atoms with E-state index in [1.54, 1.807) is 18.3 Å². The van der Waals surface area contributed by atoms with Gasteiger partial charge in [0.1, 0.15) is 5.82 Å². The molecule has 110 valence electrons. The van der Waals surface area contributed by atoms with Crippen LogP contribution in [0, 0.1) is 0 Å². The number of rotatable bonds is 5. The molecule has 0 aliphatic heterocycles. The molecular formula is C17H15N3O2. The third kappa shape index (κ3) is 3.52. The second-order valence-electron chi connectivity index (χ2n) is 4.70. The number of furan rings is 1. The first-order valence-corrected chi connectivity index (χ1v) is 6.90. The molecule has 0 bridgehead atoms. The Morgan fingerprint density at radius 2 is 2.05 bits per heavy atom. The highest BCUT2D eigenvalue weighted by molar-refractivity contribution is 6.02. The molecule has 1 aromatic carbocycles. The SMILES string of the molecule is O=C(Nc1cccc(CNc2ccccn2)c1)c1ccco1. The van der Waals surface area contributed by atoms with E-state index in [0.717, 1.165) is 17.1 Å². The maximum absolute atomic E-state index is 11.9. The molecule has 0 saturated heterocycles. The molecule has 0 saturated carbocycles. The zero-order valence-electron chi connectivity index (χ0n) is 11.8. The van der Waals surface area contributed by atoms with Crippen LogP contribution in [0.25, 0.3) is 0 Å². The third-order valence-corrected chi connectivity index (χ3v) is 3.07. The summed E-state index contributed by atoms with van der Waals surface area (Å²) in [6.07, 6.45) is 3.21. The van der Waals surface area contributed by atoms with Crippen LogP contribution in [0.2, 0.25) is 0 Å². The van der Waals surface area contributed by atoms with E-state index in [2.05, 4.69) is 15.6 Å². The first-order chi connectivity index (χ1) is 10.8. The second-order valence-corrected chi connectivity index (χ2v) is 4.70. The van der Waals surface area contributed by atoms with E-state index in [1.165, 1.54) is 6.26 Å². The molecule has 2 heterocycles. The van der Waals surface area contributed by atoms with Gasteiger partial charge in [0.15, 0.2) is 5.76 Å². The van der Waals surface area contributed by atoms with Crippen LogP contribution in [0.3, 0.4) is 0 Å². The van der Waals surface area contributed by atoms with Crippen molar-refractivity contribution in [2.75, 3.05) is 10.6 Å². The van der Waals surface area contributed by atoms with Crippen LogP contribution in [0.15, 0.2) is 71.5 Å². The van der Waals surface area contributed by atoms with Crippen molar-refractivity contribution in [1.82, 2.24) is 4.98 Å². The van der Waals surface area contributed by atoms with Crippen molar-refractivity contribution in [3.63, 3.8) is 0 Å². The first-order valence-electron chi connectivity index (χ1n) is 6.90. The lowest BCUT2D eigenvalue weighted by atomic mass is 10.2. The standard InChI is InChI=1S/C17H15N3O2/c21-17(15-7-4-10-22-15)20-14-6-3-5-13(11-14)12-19-16-8-1-2-9-18-16/h1-11H,12H2,(H,18,19)(H,20,21). The van der Waals surface area contributed by atoms with E-state index in [0.29, 0.717) is 6.54 Å². The zero-order valence-corrected chi connectivity index (χ0v) is 11.8. The smallest absolute Gasteiger partial charge is 0.291 e. The zero-order chi connectivity index (χ0) is 15.2. The number of benzene rings is 1. The maximum Gasteiger partial charge on any atom is 0.291 e. The number of nitrogens with one attached hydrogen (secondary N) is 2. The van der Waals surface area contributed by atoms with Gasteiger partial charge in [-0.15, -0.1) is 0 Å². The number of pyridine rings is 1. The molecule has 3 aromatic rings. The van der Waals surface area contributed by atoms with Crippen LogP contribution in [-0.2, 0) is 6.54 Å². The fourth-order valence-electron chi connectivity index (χ4n) is 2.02. The normalized spacial score (nSPS) is 10.2. The summed E-state index contributed by atoms with van der Waals surface area (Å²) in [5, 5.41) is 6.03. The van der Waals surface area contributed by atoms with Crippen molar-refractivity contribution in [2.24, 2.45) is 0 Å². The lowest BCUT2D eigenvalue weighted by Crippen LogP contribution is -2.11. The summed E-state index contributed by atoms with van der Waals surface area (Å²) >= 11 is 0. The molecule has 2 N–H and O–H groups in total. The second kappa shape index (κ2) is 6.58. The van der Waals surface area contributed by atoms with E-state index in [9.17, 15) is 4.79 Å². The Kier molecular flexibility index (Phi) is 4.15. The van der Waals surface area contributed by atoms with Gasteiger partial charge >= 0.3 is 0 Å².